The van der Waals surface area contributed by atoms with E-state index in [-0.39, 0.29) is 23.7 Å². The molecule has 0 N–H and O–H groups in total. The first-order valence-electron chi connectivity index (χ1n) is 9.23. The van der Waals surface area contributed by atoms with Gasteiger partial charge in [0, 0.05) is 6.54 Å². The molecule has 156 valence electrons. The second-order valence-corrected chi connectivity index (χ2v) is 7.41. The molecule has 4 rings (SSSR count). The predicted molar refractivity (Wildman–Crippen MR) is 104 cm³/mol. The molecule has 9 heteroatoms. The van der Waals surface area contributed by atoms with Gasteiger partial charge in [0.15, 0.2) is 0 Å². The van der Waals surface area contributed by atoms with Gasteiger partial charge in [-0.25, -0.2) is 9.07 Å². The number of alkyl halides is 3. The number of anilines is 1. The zero-order valence-electron chi connectivity index (χ0n) is 15.6. The lowest BCUT2D eigenvalue weighted by Gasteiger charge is -2.27. The molecule has 0 unspecified atom stereocenters. The van der Waals surface area contributed by atoms with Gasteiger partial charge < -0.3 is 4.90 Å². The summed E-state index contributed by atoms with van der Waals surface area (Å²) in [6.45, 7) is 0.445. The Morgan fingerprint density at radius 1 is 1.13 bits per heavy atom. The van der Waals surface area contributed by atoms with Gasteiger partial charge in [0.1, 0.15) is 5.82 Å². The molecule has 2 aromatic carbocycles. The second kappa shape index (κ2) is 7.75. The van der Waals surface area contributed by atoms with E-state index in [0.717, 1.165) is 17.8 Å². The standard InChI is InChI=1S/C21H16ClF4N3O/c22-17-8-3-13(10-16(17)21(24,25)26)11-20(30)28-9-1-2-18-19(28)12-27-29(18)15-6-4-14(23)5-7-15/h3-8,10,12H,1-2,9,11H2. The summed E-state index contributed by atoms with van der Waals surface area (Å²) in [6, 6.07) is 9.32. The molecule has 0 aliphatic carbocycles. The van der Waals surface area contributed by atoms with Crippen molar-refractivity contribution in [3.63, 3.8) is 0 Å². The minimum atomic E-state index is -4.59. The highest BCUT2D eigenvalue weighted by Crippen LogP contribution is 2.35. The van der Waals surface area contributed by atoms with Crippen LogP contribution in [0, 0.1) is 5.82 Å². The summed E-state index contributed by atoms with van der Waals surface area (Å²) >= 11 is 5.65. The lowest BCUT2D eigenvalue weighted by molar-refractivity contribution is -0.137. The van der Waals surface area contributed by atoms with Crippen LogP contribution in [0.3, 0.4) is 0 Å². The van der Waals surface area contributed by atoms with E-state index in [9.17, 15) is 22.4 Å². The third kappa shape index (κ3) is 3.92. The molecule has 0 spiro atoms. The minimum absolute atomic E-state index is 0.193. The largest absolute Gasteiger partial charge is 0.417 e. The van der Waals surface area contributed by atoms with Gasteiger partial charge in [0.25, 0.3) is 0 Å². The molecule has 4 nitrogen and oxygen atoms in total. The fourth-order valence-electron chi connectivity index (χ4n) is 3.58. The van der Waals surface area contributed by atoms with Crippen LogP contribution in [0.4, 0.5) is 23.2 Å². The molecule has 2 heterocycles. The Bertz CT molecular complexity index is 1090. The third-order valence-corrected chi connectivity index (χ3v) is 5.33. The van der Waals surface area contributed by atoms with Crippen molar-refractivity contribution in [3.8, 4) is 5.69 Å². The summed E-state index contributed by atoms with van der Waals surface area (Å²) in [6.07, 6.45) is -1.87. The van der Waals surface area contributed by atoms with E-state index >= 15 is 0 Å². The van der Waals surface area contributed by atoms with E-state index in [4.69, 9.17) is 11.6 Å². The maximum atomic E-state index is 13.2. The summed E-state index contributed by atoms with van der Waals surface area (Å²) < 4.78 is 54.1. The summed E-state index contributed by atoms with van der Waals surface area (Å²) in [7, 11) is 0. The average Bonchev–Trinajstić information content (AvgIpc) is 3.13. The van der Waals surface area contributed by atoms with Crippen LogP contribution in [0.2, 0.25) is 5.02 Å². The maximum absolute atomic E-state index is 13.2. The van der Waals surface area contributed by atoms with E-state index in [0.29, 0.717) is 30.8 Å². The van der Waals surface area contributed by atoms with Gasteiger partial charge in [-0.15, -0.1) is 0 Å². The van der Waals surface area contributed by atoms with Crippen LogP contribution in [-0.2, 0) is 23.8 Å². The quantitative estimate of drug-likeness (QED) is 0.528. The Hall–Kier alpha value is -2.87. The molecule has 0 atom stereocenters. The molecular weight excluding hydrogens is 422 g/mol. The number of nitrogens with zero attached hydrogens (tertiary/aromatic N) is 3. The third-order valence-electron chi connectivity index (χ3n) is 5.00. The van der Waals surface area contributed by atoms with Crippen molar-refractivity contribution in [2.24, 2.45) is 0 Å². The summed E-state index contributed by atoms with van der Waals surface area (Å²) in [5, 5.41) is 3.93. The number of amides is 1. The Kier molecular flexibility index (Phi) is 5.27. The van der Waals surface area contributed by atoms with Crippen molar-refractivity contribution in [2.45, 2.75) is 25.4 Å². The summed E-state index contributed by atoms with van der Waals surface area (Å²) in [5.41, 5.74) is 1.35. The van der Waals surface area contributed by atoms with Gasteiger partial charge in [-0.1, -0.05) is 17.7 Å². The fraction of sp³-hybridized carbons (Fsp3) is 0.238. The zero-order valence-corrected chi connectivity index (χ0v) is 16.3. The first-order valence-corrected chi connectivity index (χ1v) is 9.60. The molecule has 1 aromatic heterocycles. The predicted octanol–water partition coefficient (Wildman–Crippen LogP) is 5.21. The van der Waals surface area contributed by atoms with Crippen LogP contribution in [0.25, 0.3) is 5.69 Å². The Labute approximate surface area is 174 Å². The summed E-state index contributed by atoms with van der Waals surface area (Å²) in [5.74, 6) is -0.692. The topological polar surface area (TPSA) is 38.1 Å². The number of hydrogen-bond acceptors (Lipinski definition) is 2. The van der Waals surface area contributed by atoms with E-state index in [1.54, 1.807) is 23.0 Å². The van der Waals surface area contributed by atoms with Crippen molar-refractivity contribution >= 4 is 23.2 Å². The maximum Gasteiger partial charge on any atom is 0.417 e. The van der Waals surface area contributed by atoms with E-state index in [2.05, 4.69) is 5.10 Å². The molecule has 1 amide bonds. The van der Waals surface area contributed by atoms with Crippen molar-refractivity contribution in [3.05, 3.63) is 76.3 Å². The molecule has 0 bridgehead atoms. The summed E-state index contributed by atoms with van der Waals surface area (Å²) in [4.78, 5) is 14.4. The molecule has 0 saturated carbocycles. The highest BCUT2D eigenvalue weighted by atomic mass is 35.5. The van der Waals surface area contributed by atoms with Gasteiger partial charge in [-0.2, -0.15) is 18.3 Å². The fourth-order valence-corrected chi connectivity index (χ4v) is 3.81. The van der Waals surface area contributed by atoms with Crippen LogP contribution in [-0.4, -0.2) is 22.2 Å². The number of benzene rings is 2. The van der Waals surface area contributed by atoms with Crippen molar-refractivity contribution in [1.82, 2.24) is 9.78 Å². The first-order chi connectivity index (χ1) is 14.2. The Morgan fingerprint density at radius 3 is 2.57 bits per heavy atom. The van der Waals surface area contributed by atoms with Gasteiger partial charge >= 0.3 is 6.18 Å². The van der Waals surface area contributed by atoms with Crippen molar-refractivity contribution in [1.29, 1.82) is 0 Å². The van der Waals surface area contributed by atoms with E-state index in [1.807, 2.05) is 0 Å². The smallest absolute Gasteiger partial charge is 0.309 e. The normalized spacial score (nSPS) is 14.0. The Morgan fingerprint density at radius 2 is 1.87 bits per heavy atom. The zero-order chi connectivity index (χ0) is 21.5. The molecular formula is C21H16ClF4N3O. The van der Waals surface area contributed by atoms with Crippen LogP contribution >= 0.6 is 11.6 Å². The number of hydrogen-bond donors (Lipinski definition) is 0. The van der Waals surface area contributed by atoms with Crippen LogP contribution < -0.4 is 4.90 Å². The molecule has 0 fully saturated rings. The number of rotatable bonds is 3. The van der Waals surface area contributed by atoms with Crippen LogP contribution in [0.15, 0.2) is 48.7 Å². The van der Waals surface area contributed by atoms with E-state index < -0.39 is 16.8 Å². The van der Waals surface area contributed by atoms with Crippen molar-refractivity contribution in [2.75, 3.05) is 11.4 Å². The average molecular weight is 438 g/mol. The van der Waals surface area contributed by atoms with Crippen LogP contribution in [0.1, 0.15) is 23.2 Å². The molecule has 1 aliphatic rings. The number of aromatic nitrogens is 2. The SMILES string of the molecule is O=C(Cc1ccc(Cl)c(C(F)(F)F)c1)N1CCCc2c1cnn2-c1ccc(F)cc1. The highest BCUT2D eigenvalue weighted by Gasteiger charge is 2.34. The number of halogens is 5. The van der Waals surface area contributed by atoms with Gasteiger partial charge in [-0.05, 0) is 54.8 Å². The Balaban J connectivity index is 1.60. The van der Waals surface area contributed by atoms with Gasteiger partial charge in [0.05, 0.1) is 40.3 Å². The molecule has 3 aromatic rings. The first kappa shape index (κ1) is 20.4. The van der Waals surface area contributed by atoms with Crippen LogP contribution in [0.5, 0.6) is 0 Å². The number of carbonyl (C=O) groups excluding carboxylic acids is 1. The van der Waals surface area contributed by atoms with Gasteiger partial charge in [-0.3, -0.25) is 4.79 Å². The monoisotopic (exact) mass is 437 g/mol. The van der Waals surface area contributed by atoms with Gasteiger partial charge in [0.2, 0.25) is 5.91 Å². The second-order valence-electron chi connectivity index (χ2n) is 7.00. The van der Waals surface area contributed by atoms with E-state index in [1.165, 1.54) is 23.1 Å². The minimum Gasteiger partial charge on any atom is -0.309 e. The highest BCUT2D eigenvalue weighted by molar-refractivity contribution is 6.31. The molecule has 1 aliphatic heterocycles. The van der Waals surface area contributed by atoms with Crippen molar-refractivity contribution < 1.29 is 22.4 Å². The lowest BCUT2D eigenvalue weighted by Crippen LogP contribution is -2.36. The number of carbonyl (C=O) groups is 1. The molecule has 30 heavy (non-hydrogen) atoms. The lowest BCUT2D eigenvalue weighted by atomic mass is 10.0. The molecule has 0 radical (unpaired) electrons. The number of fused-ring (bicyclic) bond motifs is 1. The molecule has 0 saturated heterocycles.